The Morgan fingerprint density at radius 2 is 1.94 bits per heavy atom. The van der Waals surface area contributed by atoms with Gasteiger partial charge in [-0.3, -0.25) is 20.3 Å². The van der Waals surface area contributed by atoms with Crippen LogP contribution in [-0.4, -0.2) is 75.6 Å². The van der Waals surface area contributed by atoms with E-state index < -0.39 is 29.5 Å². The smallest absolute Gasteiger partial charge is 0.219 e. The second-order valence-corrected chi connectivity index (χ2v) is 8.19. The molecule has 1 heterocycles. The molecule has 0 spiro atoms. The van der Waals surface area contributed by atoms with Crippen LogP contribution in [0.4, 0.5) is 10.1 Å². The molecular formula is C17H18BrFN6O5S. The van der Waals surface area contributed by atoms with Gasteiger partial charge in [0.05, 0.1) is 28.9 Å². The predicted octanol–water partition coefficient (Wildman–Crippen LogP) is 0.181. The first kappa shape index (κ1) is 23.4. The summed E-state index contributed by atoms with van der Waals surface area (Å²) in [5.41, 5.74) is 2.42. The van der Waals surface area contributed by atoms with E-state index in [-0.39, 0.29) is 29.2 Å². The van der Waals surface area contributed by atoms with E-state index in [9.17, 15) is 19.2 Å². The number of hydrogen-bond donors (Lipinski definition) is 5. The number of amidine groups is 1. The zero-order chi connectivity index (χ0) is 22.4. The monoisotopic (exact) mass is 516 g/mol. The Morgan fingerprint density at radius 1 is 1.23 bits per heavy atom. The first-order chi connectivity index (χ1) is 15.0. The summed E-state index contributed by atoms with van der Waals surface area (Å²) in [6.07, 6.45) is 0. The fourth-order valence-corrected chi connectivity index (χ4v) is 3.89. The number of hydrogen-bond acceptors (Lipinski definition) is 11. The van der Waals surface area contributed by atoms with Crippen LogP contribution in [0, 0.1) is 5.82 Å². The number of aromatic nitrogens is 2. The van der Waals surface area contributed by atoms with E-state index in [1.807, 2.05) is 5.48 Å². The molecule has 2 aromatic rings. The third-order valence-electron chi connectivity index (χ3n) is 4.25. The van der Waals surface area contributed by atoms with Crippen molar-refractivity contribution in [2.45, 2.75) is 17.1 Å². The minimum absolute atomic E-state index is 0.0525. The molecule has 2 unspecified atom stereocenters. The molecule has 1 aliphatic carbocycles. The van der Waals surface area contributed by atoms with E-state index in [1.165, 1.54) is 30.0 Å². The fraction of sp³-hybridized carbons (Fsp3) is 0.353. The van der Waals surface area contributed by atoms with Gasteiger partial charge in [-0.25, -0.2) is 14.0 Å². The number of aliphatic imine (C=N–C) groups is 1. The molecule has 1 aromatic carbocycles. The molecule has 31 heavy (non-hydrogen) atoms. The summed E-state index contributed by atoms with van der Waals surface area (Å²) in [5, 5.41) is 31.9. The first-order valence-electron chi connectivity index (χ1n) is 9.01. The molecule has 1 fully saturated rings. The Labute approximate surface area is 187 Å². The third-order valence-corrected chi connectivity index (χ3v) is 5.81. The molecule has 0 radical (unpaired) electrons. The molecule has 3 rings (SSSR count). The predicted molar refractivity (Wildman–Crippen MR) is 111 cm³/mol. The lowest BCUT2D eigenvalue weighted by atomic mass is 9.83. The largest absolute Gasteiger partial charge is 0.395 e. The van der Waals surface area contributed by atoms with Gasteiger partial charge in [-0.1, -0.05) is 11.8 Å². The summed E-state index contributed by atoms with van der Waals surface area (Å²) in [7, 11) is 0. The Morgan fingerprint density at radius 3 is 2.58 bits per heavy atom. The standard InChI is InChI=1S/C17H18BrFN6O5S/c18-9-7-8(1-2-10(9)19)22-16(23-29)13-17(25-30-24-13)31-6-4-21-12-11(20-3-5-26)14(27)15(12)28/h1-2,7,11-12,20-21,26,29H,3-6H2,(H,22,23). The average molecular weight is 517 g/mol. The van der Waals surface area contributed by atoms with Gasteiger partial charge in [-0.2, -0.15) is 0 Å². The zero-order valence-electron chi connectivity index (χ0n) is 15.8. The summed E-state index contributed by atoms with van der Waals surface area (Å²) >= 11 is 4.29. The highest BCUT2D eigenvalue weighted by Crippen LogP contribution is 2.24. The fourth-order valence-electron chi connectivity index (χ4n) is 2.75. The number of rotatable bonds is 10. The quantitative estimate of drug-likeness (QED) is 0.0730. The number of Topliss-reactive ketones (excluding diaryl/α,β-unsaturated/α-hetero) is 2. The second kappa shape index (κ2) is 10.9. The lowest BCUT2D eigenvalue weighted by Crippen LogP contribution is -2.69. The summed E-state index contributed by atoms with van der Waals surface area (Å²) in [4.78, 5) is 27.5. The van der Waals surface area contributed by atoms with Gasteiger partial charge in [0, 0.05) is 18.8 Å². The summed E-state index contributed by atoms with van der Waals surface area (Å²) in [6, 6.07) is 2.76. The van der Waals surface area contributed by atoms with Crippen LogP contribution in [0.15, 0.2) is 37.3 Å². The van der Waals surface area contributed by atoms with Crippen LogP contribution in [0.25, 0.3) is 0 Å². The van der Waals surface area contributed by atoms with Crippen LogP contribution in [0.1, 0.15) is 5.69 Å². The number of thioether (sulfide) groups is 1. The van der Waals surface area contributed by atoms with Crippen molar-refractivity contribution < 1.29 is 28.9 Å². The van der Waals surface area contributed by atoms with E-state index in [0.29, 0.717) is 23.0 Å². The Balaban J connectivity index is 1.58. The van der Waals surface area contributed by atoms with E-state index in [0.717, 1.165) is 0 Å². The van der Waals surface area contributed by atoms with Crippen LogP contribution in [-0.2, 0) is 9.59 Å². The van der Waals surface area contributed by atoms with Crippen molar-refractivity contribution in [3.63, 3.8) is 0 Å². The van der Waals surface area contributed by atoms with Gasteiger partial charge in [0.15, 0.2) is 16.6 Å². The van der Waals surface area contributed by atoms with E-state index >= 15 is 0 Å². The van der Waals surface area contributed by atoms with Gasteiger partial charge in [-0.15, -0.1) is 0 Å². The highest BCUT2D eigenvalue weighted by atomic mass is 79.9. The number of aliphatic hydroxyl groups excluding tert-OH is 1. The molecule has 0 aliphatic heterocycles. The van der Waals surface area contributed by atoms with E-state index in [4.69, 9.17) is 9.74 Å². The first-order valence-corrected chi connectivity index (χ1v) is 10.8. The van der Waals surface area contributed by atoms with Crippen molar-refractivity contribution in [2.24, 2.45) is 4.99 Å². The maximum atomic E-state index is 13.4. The van der Waals surface area contributed by atoms with Crippen LogP contribution < -0.4 is 16.1 Å². The van der Waals surface area contributed by atoms with Crippen LogP contribution in [0.2, 0.25) is 0 Å². The SMILES string of the molecule is O=C1C(=O)C(NCCSc2nonc2C(=Nc2ccc(F)c(Br)c2)NO)C1NCCO. The topological polar surface area (TPSA) is 162 Å². The molecule has 0 saturated heterocycles. The molecule has 5 N–H and O–H groups in total. The Hall–Kier alpha value is -2.23. The van der Waals surface area contributed by atoms with Gasteiger partial charge < -0.3 is 15.7 Å². The number of hydroxylamine groups is 1. The number of nitrogens with zero attached hydrogens (tertiary/aromatic N) is 3. The Kier molecular flexibility index (Phi) is 8.22. The molecule has 14 heteroatoms. The molecule has 1 saturated carbocycles. The van der Waals surface area contributed by atoms with Crippen LogP contribution in [0.3, 0.4) is 0 Å². The average Bonchev–Trinajstić information content (AvgIpc) is 3.23. The van der Waals surface area contributed by atoms with Crippen LogP contribution >= 0.6 is 27.7 Å². The highest BCUT2D eigenvalue weighted by molar-refractivity contribution is 9.10. The number of carbonyl (C=O) groups excluding carboxylic acids is 2. The van der Waals surface area contributed by atoms with E-state index in [1.54, 1.807) is 0 Å². The second-order valence-electron chi connectivity index (χ2n) is 6.25. The molecule has 166 valence electrons. The maximum Gasteiger partial charge on any atom is 0.219 e. The molecule has 0 amide bonds. The van der Waals surface area contributed by atoms with Gasteiger partial charge in [0.25, 0.3) is 0 Å². The zero-order valence-corrected chi connectivity index (χ0v) is 18.2. The van der Waals surface area contributed by atoms with E-state index in [2.05, 4.69) is 41.9 Å². The van der Waals surface area contributed by atoms with Crippen molar-refractivity contribution in [3.8, 4) is 0 Å². The van der Waals surface area contributed by atoms with Crippen molar-refractivity contribution in [1.82, 2.24) is 26.4 Å². The molecule has 1 aromatic heterocycles. The molecule has 11 nitrogen and oxygen atoms in total. The third kappa shape index (κ3) is 5.53. The van der Waals surface area contributed by atoms with Gasteiger partial charge in [0.2, 0.25) is 11.6 Å². The summed E-state index contributed by atoms with van der Waals surface area (Å²) < 4.78 is 18.3. The lowest BCUT2D eigenvalue weighted by Gasteiger charge is -2.34. The molecule has 0 bridgehead atoms. The van der Waals surface area contributed by atoms with Crippen molar-refractivity contribution >= 4 is 50.8 Å². The van der Waals surface area contributed by atoms with Crippen molar-refractivity contribution in [2.75, 3.05) is 25.4 Å². The Bertz CT molecular complexity index is 990. The molecule has 2 atom stereocenters. The normalized spacial score (nSPS) is 18.9. The lowest BCUT2D eigenvalue weighted by molar-refractivity contribution is -0.147. The minimum Gasteiger partial charge on any atom is -0.395 e. The van der Waals surface area contributed by atoms with Crippen molar-refractivity contribution in [1.29, 1.82) is 0 Å². The number of benzene rings is 1. The molecular weight excluding hydrogens is 499 g/mol. The number of halogens is 2. The number of aliphatic hydroxyl groups is 1. The number of nitrogens with one attached hydrogen (secondary N) is 3. The summed E-state index contributed by atoms with van der Waals surface area (Å²) in [6.45, 7) is 0.438. The van der Waals surface area contributed by atoms with Gasteiger partial charge in [0.1, 0.15) is 5.82 Å². The summed E-state index contributed by atoms with van der Waals surface area (Å²) in [5.74, 6) is -1.09. The van der Waals surface area contributed by atoms with Gasteiger partial charge >= 0.3 is 0 Å². The molecule has 1 aliphatic rings. The number of ketones is 2. The highest BCUT2D eigenvalue weighted by Gasteiger charge is 2.48. The van der Waals surface area contributed by atoms with Crippen molar-refractivity contribution in [3.05, 3.63) is 34.2 Å². The van der Waals surface area contributed by atoms with Gasteiger partial charge in [-0.05, 0) is 44.4 Å². The minimum atomic E-state index is -0.652. The van der Waals surface area contributed by atoms with Crippen LogP contribution in [0.5, 0.6) is 0 Å². The number of carbonyl (C=O) groups is 2. The maximum absolute atomic E-state index is 13.4.